The first-order chi connectivity index (χ1) is 8.56. The molecule has 2 aromatic carbocycles. The lowest BCUT2D eigenvalue weighted by atomic mass is 10.1. The van der Waals surface area contributed by atoms with E-state index in [2.05, 4.69) is 32.8 Å². The topological polar surface area (TPSA) is 50.7 Å². The van der Waals surface area contributed by atoms with Crippen LogP contribution in [0.3, 0.4) is 0 Å². The van der Waals surface area contributed by atoms with Crippen molar-refractivity contribution in [2.75, 3.05) is 5.73 Å². The Labute approximate surface area is 120 Å². The second kappa shape index (κ2) is 5.48. The molecule has 0 atom stereocenters. The normalized spacial score (nSPS) is 11.1. The summed E-state index contributed by atoms with van der Waals surface area (Å²) in [6.45, 7) is 3.98. The fraction of sp³-hybridized carbons (Fsp3) is 0.143. The molecule has 2 rings (SSSR count). The largest absolute Gasteiger partial charge is 0.399 e. The monoisotopic (exact) mass is 351 g/mol. The van der Waals surface area contributed by atoms with E-state index in [0.29, 0.717) is 0 Å². The van der Waals surface area contributed by atoms with Gasteiger partial charge in [-0.1, -0.05) is 0 Å². The number of nitrogens with zero attached hydrogens (tertiary/aromatic N) is 2. The molecule has 0 amide bonds. The molecular formula is C14H14IN3. The molecule has 0 heterocycles. The third-order valence-electron chi connectivity index (χ3n) is 2.61. The molecule has 0 aliphatic heterocycles. The zero-order chi connectivity index (χ0) is 13.1. The van der Waals surface area contributed by atoms with Gasteiger partial charge in [0.15, 0.2) is 0 Å². The van der Waals surface area contributed by atoms with Crippen molar-refractivity contribution in [3.8, 4) is 0 Å². The molecule has 2 N–H and O–H groups in total. The Morgan fingerprint density at radius 3 is 2.06 bits per heavy atom. The molecule has 0 aromatic heterocycles. The molecule has 0 spiro atoms. The molecule has 4 heteroatoms. The van der Waals surface area contributed by atoms with Crippen LogP contribution in [-0.2, 0) is 0 Å². The van der Waals surface area contributed by atoms with Crippen molar-refractivity contribution >= 4 is 39.7 Å². The van der Waals surface area contributed by atoms with Crippen LogP contribution in [-0.4, -0.2) is 0 Å². The predicted molar refractivity (Wildman–Crippen MR) is 83.7 cm³/mol. The highest BCUT2D eigenvalue weighted by Gasteiger charge is 2.02. The van der Waals surface area contributed by atoms with E-state index in [1.165, 1.54) is 3.57 Å². The SMILES string of the molecule is Cc1cc(N)cc(C)c1N=Nc1ccc(I)cc1. The predicted octanol–water partition coefficient (Wildman–Crippen LogP) is 4.91. The number of nitrogens with two attached hydrogens (primary N) is 1. The fourth-order valence-electron chi connectivity index (χ4n) is 1.76. The summed E-state index contributed by atoms with van der Waals surface area (Å²) >= 11 is 2.26. The third-order valence-corrected chi connectivity index (χ3v) is 3.32. The molecule has 3 nitrogen and oxygen atoms in total. The van der Waals surface area contributed by atoms with Crippen LogP contribution < -0.4 is 5.73 Å². The number of anilines is 1. The van der Waals surface area contributed by atoms with E-state index in [9.17, 15) is 0 Å². The van der Waals surface area contributed by atoms with Gasteiger partial charge in [0.2, 0.25) is 0 Å². The van der Waals surface area contributed by atoms with Crippen molar-refractivity contribution in [2.24, 2.45) is 10.2 Å². The van der Waals surface area contributed by atoms with Gasteiger partial charge in [-0.05, 0) is 84.0 Å². The maximum absolute atomic E-state index is 5.78. The minimum Gasteiger partial charge on any atom is -0.399 e. The lowest BCUT2D eigenvalue weighted by molar-refractivity contribution is 1.19. The Bertz CT molecular complexity index is 565. The van der Waals surface area contributed by atoms with Crippen LogP contribution in [0.4, 0.5) is 17.1 Å². The van der Waals surface area contributed by atoms with Gasteiger partial charge in [0, 0.05) is 9.26 Å². The number of halogens is 1. The van der Waals surface area contributed by atoms with Gasteiger partial charge < -0.3 is 5.73 Å². The number of aryl methyl sites for hydroxylation is 2. The molecule has 0 saturated heterocycles. The first kappa shape index (κ1) is 13.0. The quantitative estimate of drug-likeness (QED) is 0.467. The van der Waals surface area contributed by atoms with E-state index in [1.807, 2.05) is 50.2 Å². The molecule has 0 bridgehead atoms. The van der Waals surface area contributed by atoms with Crippen LogP contribution in [0.15, 0.2) is 46.6 Å². The second-order valence-electron chi connectivity index (χ2n) is 4.18. The highest BCUT2D eigenvalue weighted by atomic mass is 127. The number of hydrogen-bond acceptors (Lipinski definition) is 3. The molecular weight excluding hydrogens is 337 g/mol. The number of hydrogen-bond donors (Lipinski definition) is 1. The Morgan fingerprint density at radius 1 is 0.944 bits per heavy atom. The first-order valence-corrected chi connectivity index (χ1v) is 6.68. The average Bonchev–Trinajstić information content (AvgIpc) is 2.30. The van der Waals surface area contributed by atoms with Gasteiger partial charge in [0.1, 0.15) is 0 Å². The van der Waals surface area contributed by atoms with E-state index >= 15 is 0 Å². The minimum absolute atomic E-state index is 0.762. The Morgan fingerprint density at radius 2 is 1.50 bits per heavy atom. The molecule has 0 radical (unpaired) electrons. The Kier molecular flexibility index (Phi) is 3.96. The van der Waals surface area contributed by atoms with Crippen LogP contribution in [0.1, 0.15) is 11.1 Å². The lowest BCUT2D eigenvalue weighted by Gasteiger charge is -2.05. The molecule has 2 aromatic rings. The van der Waals surface area contributed by atoms with Gasteiger partial charge in [0.25, 0.3) is 0 Å². The Hall–Kier alpha value is -1.43. The van der Waals surface area contributed by atoms with Gasteiger partial charge in [0.05, 0.1) is 11.4 Å². The van der Waals surface area contributed by atoms with Crippen LogP contribution in [0.2, 0.25) is 0 Å². The summed E-state index contributed by atoms with van der Waals surface area (Å²) < 4.78 is 1.19. The van der Waals surface area contributed by atoms with Gasteiger partial charge in [-0.2, -0.15) is 10.2 Å². The fourth-order valence-corrected chi connectivity index (χ4v) is 2.12. The average molecular weight is 351 g/mol. The van der Waals surface area contributed by atoms with Crippen LogP contribution in [0, 0.1) is 17.4 Å². The van der Waals surface area contributed by atoms with Crippen LogP contribution >= 0.6 is 22.6 Å². The number of rotatable bonds is 2. The lowest BCUT2D eigenvalue weighted by Crippen LogP contribution is -1.88. The number of benzene rings is 2. The van der Waals surface area contributed by atoms with E-state index in [-0.39, 0.29) is 0 Å². The van der Waals surface area contributed by atoms with E-state index in [1.54, 1.807) is 0 Å². The number of nitrogen functional groups attached to an aromatic ring is 1. The second-order valence-corrected chi connectivity index (χ2v) is 5.43. The molecule has 0 fully saturated rings. The minimum atomic E-state index is 0.762. The molecule has 18 heavy (non-hydrogen) atoms. The van der Waals surface area contributed by atoms with Gasteiger partial charge in [-0.25, -0.2) is 0 Å². The summed E-state index contributed by atoms with van der Waals surface area (Å²) in [6.07, 6.45) is 0. The summed E-state index contributed by atoms with van der Waals surface area (Å²) in [6, 6.07) is 11.8. The molecule has 92 valence electrons. The van der Waals surface area contributed by atoms with Crippen molar-refractivity contribution in [1.29, 1.82) is 0 Å². The van der Waals surface area contributed by atoms with Crippen LogP contribution in [0.25, 0.3) is 0 Å². The van der Waals surface area contributed by atoms with E-state index in [0.717, 1.165) is 28.2 Å². The van der Waals surface area contributed by atoms with E-state index < -0.39 is 0 Å². The summed E-state index contributed by atoms with van der Waals surface area (Å²) in [5.74, 6) is 0. The summed E-state index contributed by atoms with van der Waals surface area (Å²) in [5.41, 5.74) is 10.4. The molecule has 0 aliphatic rings. The number of azo groups is 1. The standard InChI is InChI=1S/C14H14IN3/c1-9-7-12(16)8-10(2)14(9)18-17-13-5-3-11(15)4-6-13/h3-8H,16H2,1-2H3. The maximum Gasteiger partial charge on any atom is 0.0916 e. The van der Waals surface area contributed by atoms with Crippen molar-refractivity contribution in [3.05, 3.63) is 51.1 Å². The highest BCUT2D eigenvalue weighted by Crippen LogP contribution is 2.28. The summed E-state index contributed by atoms with van der Waals surface area (Å²) in [4.78, 5) is 0. The van der Waals surface area contributed by atoms with Gasteiger partial charge in [-0.15, -0.1) is 0 Å². The zero-order valence-corrected chi connectivity index (χ0v) is 12.5. The van der Waals surface area contributed by atoms with Gasteiger partial charge in [-0.3, -0.25) is 0 Å². The zero-order valence-electron chi connectivity index (χ0n) is 10.3. The van der Waals surface area contributed by atoms with Crippen molar-refractivity contribution < 1.29 is 0 Å². The van der Waals surface area contributed by atoms with Gasteiger partial charge >= 0.3 is 0 Å². The van der Waals surface area contributed by atoms with Crippen molar-refractivity contribution in [3.63, 3.8) is 0 Å². The smallest absolute Gasteiger partial charge is 0.0916 e. The highest BCUT2D eigenvalue weighted by molar-refractivity contribution is 14.1. The van der Waals surface area contributed by atoms with Crippen LogP contribution in [0.5, 0.6) is 0 Å². The summed E-state index contributed by atoms with van der Waals surface area (Å²) in [7, 11) is 0. The van der Waals surface area contributed by atoms with Crippen molar-refractivity contribution in [1.82, 2.24) is 0 Å². The van der Waals surface area contributed by atoms with Crippen molar-refractivity contribution in [2.45, 2.75) is 13.8 Å². The molecule has 0 saturated carbocycles. The Balaban J connectivity index is 2.31. The third kappa shape index (κ3) is 3.07. The summed E-state index contributed by atoms with van der Waals surface area (Å²) in [5, 5.41) is 8.56. The molecule has 0 aliphatic carbocycles. The van der Waals surface area contributed by atoms with E-state index in [4.69, 9.17) is 5.73 Å². The first-order valence-electron chi connectivity index (χ1n) is 5.60. The maximum atomic E-state index is 5.78. The molecule has 0 unspecified atom stereocenters.